The van der Waals surface area contributed by atoms with Crippen molar-refractivity contribution in [3.05, 3.63) is 53.3 Å². The Morgan fingerprint density at radius 3 is 2.22 bits per heavy atom. The fraction of sp³-hybridized carbons (Fsp3) is 0.211. The minimum atomic E-state index is -0.878. The molecule has 2 aromatic heterocycles. The molecule has 27 heavy (non-hydrogen) atoms. The number of benzene rings is 1. The van der Waals surface area contributed by atoms with E-state index in [0.717, 1.165) is 12.1 Å². The second-order valence-corrected chi connectivity index (χ2v) is 7.15. The van der Waals surface area contributed by atoms with E-state index in [1.165, 1.54) is 0 Å². The molecule has 3 rings (SSSR count). The van der Waals surface area contributed by atoms with Crippen molar-refractivity contribution in [3.63, 3.8) is 0 Å². The summed E-state index contributed by atoms with van der Waals surface area (Å²) in [7, 11) is 0. The summed E-state index contributed by atoms with van der Waals surface area (Å²) in [5.41, 5.74) is 5.24. The van der Waals surface area contributed by atoms with Gasteiger partial charge in [0, 0.05) is 18.3 Å². The molecule has 0 aliphatic carbocycles. The Morgan fingerprint density at radius 1 is 1.04 bits per heavy atom. The molecule has 8 heteroatoms. The summed E-state index contributed by atoms with van der Waals surface area (Å²) in [6.07, 6.45) is 1.56. The van der Waals surface area contributed by atoms with Crippen LogP contribution in [0.1, 0.15) is 20.8 Å². The maximum Gasteiger partial charge on any atom is 0.181 e. The van der Waals surface area contributed by atoms with Gasteiger partial charge in [0.1, 0.15) is 39.6 Å². The van der Waals surface area contributed by atoms with Crippen molar-refractivity contribution in [2.45, 2.75) is 26.4 Å². The Bertz CT molecular complexity index is 945. The predicted molar refractivity (Wildman–Crippen MR) is 100 cm³/mol. The summed E-state index contributed by atoms with van der Waals surface area (Å²) < 4.78 is 34.8. The van der Waals surface area contributed by atoms with Crippen molar-refractivity contribution in [1.82, 2.24) is 15.0 Å². The van der Waals surface area contributed by atoms with Crippen LogP contribution in [0.5, 0.6) is 5.75 Å². The number of pyridine rings is 1. The highest BCUT2D eigenvalue weighted by molar-refractivity contribution is 6.32. The molecular formula is C19H17ClF2N4O. The molecular weight excluding hydrogens is 374 g/mol. The van der Waals surface area contributed by atoms with E-state index < -0.39 is 22.8 Å². The zero-order chi connectivity index (χ0) is 19.8. The summed E-state index contributed by atoms with van der Waals surface area (Å²) in [6, 6.07) is 7.30. The van der Waals surface area contributed by atoms with Crippen LogP contribution >= 0.6 is 11.6 Å². The molecule has 0 saturated heterocycles. The van der Waals surface area contributed by atoms with Crippen LogP contribution in [0.2, 0.25) is 5.15 Å². The van der Waals surface area contributed by atoms with Gasteiger partial charge < -0.3 is 10.5 Å². The van der Waals surface area contributed by atoms with E-state index in [1.807, 2.05) is 0 Å². The van der Waals surface area contributed by atoms with Gasteiger partial charge in [0.15, 0.2) is 5.82 Å². The van der Waals surface area contributed by atoms with Crippen molar-refractivity contribution in [1.29, 1.82) is 0 Å². The molecule has 140 valence electrons. The third-order valence-corrected chi connectivity index (χ3v) is 3.75. The molecule has 0 unspecified atom stereocenters. The van der Waals surface area contributed by atoms with Crippen molar-refractivity contribution < 1.29 is 13.5 Å². The van der Waals surface area contributed by atoms with E-state index >= 15 is 0 Å². The Hall–Kier alpha value is -2.80. The van der Waals surface area contributed by atoms with Gasteiger partial charge >= 0.3 is 0 Å². The first kappa shape index (κ1) is 19.0. The van der Waals surface area contributed by atoms with Gasteiger partial charge in [-0.25, -0.2) is 18.7 Å². The Kier molecular flexibility index (Phi) is 4.97. The SMILES string of the molecule is CC(C)(C)Oc1cc(F)c(-c2c(N)nc(-c3ccccn3)nc2Cl)c(F)c1. The minimum Gasteiger partial charge on any atom is -0.488 e. The first-order valence-electron chi connectivity index (χ1n) is 8.08. The molecule has 0 aliphatic heterocycles. The molecule has 0 spiro atoms. The van der Waals surface area contributed by atoms with Crippen LogP contribution in [-0.4, -0.2) is 20.6 Å². The number of nitrogens with two attached hydrogens (primary N) is 1. The smallest absolute Gasteiger partial charge is 0.181 e. The molecule has 0 radical (unpaired) electrons. The van der Waals surface area contributed by atoms with Gasteiger partial charge in [-0.05, 0) is 32.9 Å². The van der Waals surface area contributed by atoms with Crippen molar-refractivity contribution in [2.24, 2.45) is 0 Å². The maximum absolute atomic E-state index is 14.7. The first-order valence-corrected chi connectivity index (χ1v) is 8.46. The molecule has 0 amide bonds. The molecule has 0 fully saturated rings. The Labute approximate surface area is 160 Å². The molecule has 5 nitrogen and oxygen atoms in total. The number of nitrogens with zero attached hydrogens (tertiary/aromatic N) is 3. The molecule has 2 N–H and O–H groups in total. The summed E-state index contributed by atoms with van der Waals surface area (Å²) in [4.78, 5) is 12.3. The molecule has 3 aromatic rings. The van der Waals surface area contributed by atoms with Crippen molar-refractivity contribution >= 4 is 17.4 Å². The zero-order valence-corrected chi connectivity index (χ0v) is 15.7. The fourth-order valence-corrected chi connectivity index (χ4v) is 2.76. The lowest BCUT2D eigenvalue weighted by Crippen LogP contribution is -2.23. The van der Waals surface area contributed by atoms with Gasteiger partial charge in [0.2, 0.25) is 0 Å². The van der Waals surface area contributed by atoms with Crippen LogP contribution in [-0.2, 0) is 0 Å². The van der Waals surface area contributed by atoms with Crippen LogP contribution in [0.15, 0.2) is 36.5 Å². The molecule has 0 aliphatic rings. The van der Waals surface area contributed by atoms with Gasteiger partial charge in [-0.15, -0.1) is 0 Å². The van der Waals surface area contributed by atoms with Crippen LogP contribution in [0.4, 0.5) is 14.6 Å². The van der Waals surface area contributed by atoms with Crippen molar-refractivity contribution in [2.75, 3.05) is 5.73 Å². The average molecular weight is 391 g/mol. The van der Waals surface area contributed by atoms with Gasteiger partial charge in [-0.2, -0.15) is 0 Å². The van der Waals surface area contributed by atoms with Gasteiger partial charge in [-0.1, -0.05) is 17.7 Å². The maximum atomic E-state index is 14.7. The number of hydrogen-bond donors (Lipinski definition) is 1. The predicted octanol–water partition coefficient (Wildman–Crippen LogP) is 4.90. The lowest BCUT2D eigenvalue weighted by molar-refractivity contribution is 0.130. The number of halogens is 3. The third-order valence-electron chi connectivity index (χ3n) is 3.48. The number of rotatable bonds is 3. The first-order chi connectivity index (χ1) is 12.7. The summed E-state index contributed by atoms with van der Waals surface area (Å²) in [6.45, 7) is 5.32. The number of nitrogen functional groups attached to an aromatic ring is 1. The van der Waals surface area contributed by atoms with Crippen LogP contribution in [0.25, 0.3) is 22.6 Å². The summed E-state index contributed by atoms with van der Waals surface area (Å²) in [5.74, 6) is -1.69. The monoisotopic (exact) mass is 390 g/mol. The van der Waals surface area contributed by atoms with E-state index in [9.17, 15) is 8.78 Å². The largest absolute Gasteiger partial charge is 0.488 e. The van der Waals surface area contributed by atoms with Crippen LogP contribution in [0.3, 0.4) is 0 Å². The van der Waals surface area contributed by atoms with Crippen LogP contribution in [0, 0.1) is 11.6 Å². The van der Waals surface area contributed by atoms with E-state index in [2.05, 4.69) is 15.0 Å². The third kappa shape index (κ3) is 4.14. The topological polar surface area (TPSA) is 73.9 Å². The highest BCUT2D eigenvalue weighted by Crippen LogP contribution is 2.38. The summed E-state index contributed by atoms with van der Waals surface area (Å²) >= 11 is 6.19. The van der Waals surface area contributed by atoms with E-state index in [-0.39, 0.29) is 28.1 Å². The Morgan fingerprint density at radius 2 is 1.70 bits per heavy atom. The summed E-state index contributed by atoms with van der Waals surface area (Å²) in [5, 5.41) is -0.176. The van der Waals surface area contributed by atoms with Crippen LogP contribution < -0.4 is 10.5 Å². The highest BCUT2D eigenvalue weighted by atomic mass is 35.5. The van der Waals surface area contributed by atoms with Gasteiger partial charge in [0.25, 0.3) is 0 Å². The molecule has 0 bridgehead atoms. The Balaban J connectivity index is 2.09. The number of aromatic nitrogens is 3. The number of hydrogen-bond acceptors (Lipinski definition) is 5. The highest BCUT2D eigenvalue weighted by Gasteiger charge is 2.23. The molecule has 0 saturated carbocycles. The lowest BCUT2D eigenvalue weighted by Gasteiger charge is -2.22. The quantitative estimate of drug-likeness (QED) is 0.644. The van der Waals surface area contributed by atoms with Crippen molar-refractivity contribution in [3.8, 4) is 28.4 Å². The lowest BCUT2D eigenvalue weighted by atomic mass is 10.1. The fourth-order valence-electron chi connectivity index (χ4n) is 2.49. The second kappa shape index (κ2) is 7.08. The van der Waals surface area contributed by atoms with E-state index in [1.54, 1.807) is 45.2 Å². The number of ether oxygens (including phenoxy) is 1. The molecule has 0 atom stereocenters. The van der Waals surface area contributed by atoms with Gasteiger partial charge in [0.05, 0.1) is 11.1 Å². The standard InChI is InChI=1S/C19H17ClF2N4O/c1-19(2,3)27-10-8-11(21)14(12(22)9-10)15-16(20)25-18(26-17(15)23)13-6-4-5-7-24-13/h4-9H,1-3H3,(H2,23,25,26). The minimum absolute atomic E-state index is 0.0574. The zero-order valence-electron chi connectivity index (χ0n) is 14.9. The van der Waals surface area contributed by atoms with E-state index in [4.69, 9.17) is 22.1 Å². The van der Waals surface area contributed by atoms with E-state index in [0.29, 0.717) is 5.69 Å². The average Bonchev–Trinajstić information content (AvgIpc) is 2.55. The molecule has 1 aromatic carbocycles. The number of anilines is 1. The normalized spacial score (nSPS) is 11.5. The molecule has 2 heterocycles. The second-order valence-electron chi connectivity index (χ2n) is 6.79. The van der Waals surface area contributed by atoms with Gasteiger partial charge in [-0.3, -0.25) is 4.98 Å².